The lowest BCUT2D eigenvalue weighted by molar-refractivity contribution is -0.275. The van der Waals surface area contributed by atoms with Gasteiger partial charge < -0.3 is 14.3 Å². The first-order chi connectivity index (χ1) is 16.4. The van der Waals surface area contributed by atoms with Gasteiger partial charge in [-0.05, 0) is 73.9 Å². The van der Waals surface area contributed by atoms with Crippen molar-refractivity contribution in [3.63, 3.8) is 0 Å². The Bertz CT molecular complexity index is 1150. The molecule has 0 N–H and O–H groups in total. The van der Waals surface area contributed by atoms with E-state index in [-0.39, 0.29) is 28.2 Å². The summed E-state index contributed by atoms with van der Waals surface area (Å²) in [6, 6.07) is 8.79. The van der Waals surface area contributed by atoms with Crippen molar-refractivity contribution in [2.24, 2.45) is 5.16 Å². The molecule has 1 heterocycles. The van der Waals surface area contributed by atoms with E-state index >= 15 is 0 Å². The Hall–Kier alpha value is -2.69. The number of rotatable bonds is 6. The van der Waals surface area contributed by atoms with Crippen LogP contribution in [0, 0.1) is 13.8 Å². The van der Waals surface area contributed by atoms with Crippen LogP contribution in [0.1, 0.15) is 46.0 Å². The highest BCUT2D eigenvalue weighted by Crippen LogP contribution is 2.49. The molecule has 0 aliphatic carbocycles. The van der Waals surface area contributed by atoms with Gasteiger partial charge in [0.25, 0.3) is 16.7 Å². The summed E-state index contributed by atoms with van der Waals surface area (Å²) in [4.78, 5) is 19.3. The number of hydrogen-bond donors (Lipinski definition) is 0. The molecule has 11 heteroatoms. The largest absolute Gasteiger partial charge is 0.474 e. The molecule has 1 aliphatic rings. The number of benzene rings is 2. The molecule has 0 fully saturated rings. The standard InChI is InChI=1S/C24H24ClF3N2O4S/c1-5-33-13-30(22(35)32-4)21(31)19-7-6-16(10-15(19)3)20-12-23(34-29-20,24(26,27)28)17-8-14(2)9-18(25)11-17/h6-11H,5,12-13H2,1-4H3. The van der Waals surface area contributed by atoms with Crippen molar-refractivity contribution in [2.45, 2.75) is 39.0 Å². The van der Waals surface area contributed by atoms with Gasteiger partial charge in [-0.25, -0.2) is 4.90 Å². The second kappa shape index (κ2) is 10.5. The fourth-order valence-corrected chi connectivity index (χ4v) is 4.17. The number of thiocarbonyl (C=S) groups is 1. The van der Waals surface area contributed by atoms with Crippen LogP contribution in [0.5, 0.6) is 0 Å². The lowest BCUT2D eigenvalue weighted by atomic mass is 9.85. The molecule has 3 rings (SSSR count). The second-order valence-electron chi connectivity index (χ2n) is 8.00. The van der Waals surface area contributed by atoms with Crippen LogP contribution in [-0.4, -0.2) is 48.3 Å². The van der Waals surface area contributed by atoms with Gasteiger partial charge in [-0.3, -0.25) is 4.79 Å². The molecule has 0 radical (unpaired) electrons. The van der Waals surface area contributed by atoms with Crippen LogP contribution in [0.4, 0.5) is 13.2 Å². The molecular weight excluding hydrogens is 505 g/mol. The maximum absolute atomic E-state index is 14.3. The van der Waals surface area contributed by atoms with Crippen LogP contribution in [0.3, 0.4) is 0 Å². The first-order valence-electron chi connectivity index (χ1n) is 10.6. The van der Waals surface area contributed by atoms with Crippen LogP contribution >= 0.6 is 23.8 Å². The average Bonchev–Trinajstić information content (AvgIpc) is 3.25. The maximum Gasteiger partial charge on any atom is 0.435 e. The molecule has 6 nitrogen and oxygen atoms in total. The Morgan fingerprint density at radius 2 is 1.97 bits per heavy atom. The first kappa shape index (κ1) is 26.9. The van der Waals surface area contributed by atoms with E-state index in [0.717, 1.165) is 4.90 Å². The summed E-state index contributed by atoms with van der Waals surface area (Å²) in [5.74, 6) is -0.460. The zero-order valence-electron chi connectivity index (χ0n) is 19.5. The highest BCUT2D eigenvalue weighted by Gasteiger charge is 2.62. The number of halogens is 4. The number of methoxy groups -OCH3 is 1. The highest BCUT2D eigenvalue weighted by molar-refractivity contribution is 7.80. The van der Waals surface area contributed by atoms with Gasteiger partial charge in [0.15, 0.2) is 0 Å². The maximum atomic E-state index is 14.3. The molecule has 1 amide bonds. The summed E-state index contributed by atoms with van der Waals surface area (Å²) in [7, 11) is 1.34. The lowest BCUT2D eigenvalue weighted by Crippen LogP contribution is -2.42. The number of amides is 1. The van der Waals surface area contributed by atoms with E-state index in [4.69, 9.17) is 38.1 Å². The fourth-order valence-electron chi connectivity index (χ4n) is 3.74. The molecule has 2 aromatic rings. The minimum Gasteiger partial charge on any atom is -0.474 e. The lowest BCUT2D eigenvalue weighted by Gasteiger charge is -2.30. The van der Waals surface area contributed by atoms with E-state index in [0.29, 0.717) is 28.9 Å². The van der Waals surface area contributed by atoms with Gasteiger partial charge in [-0.15, -0.1) is 0 Å². The molecule has 0 spiro atoms. The van der Waals surface area contributed by atoms with Crippen LogP contribution in [0.15, 0.2) is 41.6 Å². The molecule has 0 saturated carbocycles. The molecule has 188 valence electrons. The minimum absolute atomic E-state index is 0.0627. The molecular formula is C24H24ClF3N2O4S. The Balaban J connectivity index is 1.92. The van der Waals surface area contributed by atoms with Crippen LogP contribution < -0.4 is 0 Å². The van der Waals surface area contributed by atoms with Crippen molar-refractivity contribution >= 4 is 40.6 Å². The van der Waals surface area contributed by atoms with Crippen molar-refractivity contribution < 1.29 is 32.3 Å². The Morgan fingerprint density at radius 1 is 1.26 bits per heavy atom. The van der Waals surface area contributed by atoms with Gasteiger partial charge in [-0.1, -0.05) is 28.9 Å². The van der Waals surface area contributed by atoms with E-state index in [1.807, 2.05) is 0 Å². The molecule has 0 saturated heterocycles. The van der Waals surface area contributed by atoms with Crippen molar-refractivity contribution in [3.05, 3.63) is 69.2 Å². The topological polar surface area (TPSA) is 60.4 Å². The molecule has 1 atom stereocenters. The molecule has 2 aromatic carbocycles. The van der Waals surface area contributed by atoms with Gasteiger partial charge in [-0.2, -0.15) is 13.2 Å². The number of alkyl halides is 3. The second-order valence-corrected chi connectivity index (χ2v) is 8.79. The summed E-state index contributed by atoms with van der Waals surface area (Å²) in [5, 5.41) is 3.90. The van der Waals surface area contributed by atoms with E-state index in [2.05, 4.69) is 5.16 Å². The van der Waals surface area contributed by atoms with Gasteiger partial charge in [0.1, 0.15) is 6.73 Å². The summed E-state index contributed by atoms with van der Waals surface area (Å²) >= 11 is 11.1. The number of nitrogens with zero attached hydrogens (tertiary/aromatic N) is 2. The first-order valence-corrected chi connectivity index (χ1v) is 11.4. The van der Waals surface area contributed by atoms with Crippen molar-refractivity contribution in [1.82, 2.24) is 4.90 Å². The van der Waals surface area contributed by atoms with Crippen molar-refractivity contribution in [1.29, 1.82) is 0 Å². The monoisotopic (exact) mass is 528 g/mol. The zero-order chi connectivity index (χ0) is 26.0. The quantitative estimate of drug-likeness (QED) is 0.345. The van der Waals surface area contributed by atoms with Gasteiger partial charge in [0.2, 0.25) is 0 Å². The Morgan fingerprint density at radius 3 is 2.54 bits per heavy atom. The van der Waals surface area contributed by atoms with Gasteiger partial charge in [0.05, 0.1) is 12.8 Å². The number of carbonyl (C=O) groups is 1. The van der Waals surface area contributed by atoms with E-state index < -0.39 is 24.1 Å². The van der Waals surface area contributed by atoms with Gasteiger partial charge >= 0.3 is 6.18 Å². The molecule has 0 aromatic heterocycles. The van der Waals surface area contributed by atoms with E-state index in [1.165, 1.54) is 31.4 Å². The van der Waals surface area contributed by atoms with Crippen LogP contribution in [0.25, 0.3) is 0 Å². The predicted octanol–water partition coefficient (Wildman–Crippen LogP) is 5.91. The third-order valence-electron chi connectivity index (χ3n) is 5.55. The van der Waals surface area contributed by atoms with Crippen LogP contribution in [-0.2, 0) is 19.9 Å². The summed E-state index contributed by atoms with van der Waals surface area (Å²) in [5.41, 5.74) is -0.928. The molecule has 1 unspecified atom stereocenters. The SMILES string of the molecule is CCOCN(C(=O)c1ccc(C2=NOC(c3cc(C)cc(Cl)c3)(C(F)(F)F)C2)cc1C)C(=S)OC. The predicted molar refractivity (Wildman–Crippen MR) is 130 cm³/mol. The summed E-state index contributed by atoms with van der Waals surface area (Å²) in [6.07, 6.45) is -5.30. The normalized spacial score (nSPS) is 17.5. The average molecular weight is 529 g/mol. The smallest absolute Gasteiger partial charge is 0.435 e. The van der Waals surface area contributed by atoms with Crippen molar-refractivity contribution in [2.75, 3.05) is 20.4 Å². The molecule has 0 bridgehead atoms. The third kappa shape index (κ3) is 5.44. The van der Waals surface area contributed by atoms with E-state index in [1.54, 1.807) is 32.9 Å². The Labute approximate surface area is 211 Å². The summed E-state index contributed by atoms with van der Waals surface area (Å²) in [6.45, 7) is 5.35. The number of oxime groups is 1. The minimum atomic E-state index is -4.75. The van der Waals surface area contributed by atoms with Gasteiger partial charge in [0, 0.05) is 29.2 Å². The van der Waals surface area contributed by atoms with E-state index in [9.17, 15) is 18.0 Å². The molecule has 1 aliphatic heterocycles. The summed E-state index contributed by atoms with van der Waals surface area (Å²) < 4.78 is 53.1. The number of aryl methyl sites for hydroxylation is 2. The third-order valence-corrected chi connectivity index (χ3v) is 6.15. The number of hydrogen-bond acceptors (Lipinski definition) is 6. The van der Waals surface area contributed by atoms with Crippen molar-refractivity contribution in [3.8, 4) is 0 Å². The van der Waals surface area contributed by atoms with Crippen LogP contribution in [0.2, 0.25) is 5.02 Å². The number of ether oxygens (including phenoxy) is 2. The highest BCUT2D eigenvalue weighted by atomic mass is 35.5. The zero-order valence-corrected chi connectivity index (χ0v) is 21.1. The molecule has 35 heavy (non-hydrogen) atoms. The fraction of sp³-hybridized carbons (Fsp3) is 0.375. The number of carbonyl (C=O) groups excluding carboxylic acids is 1. The Kier molecular flexibility index (Phi) is 8.08.